The minimum absolute atomic E-state index is 0.0469. The Hall–Kier alpha value is -3.74. The van der Waals surface area contributed by atoms with Gasteiger partial charge in [0, 0.05) is 41.2 Å². The van der Waals surface area contributed by atoms with Crippen LogP contribution in [0.4, 0.5) is 0 Å². The Morgan fingerprint density at radius 3 is 2.86 bits per heavy atom. The molecule has 0 atom stereocenters. The number of pyridine rings is 2. The molecule has 1 aromatic carbocycles. The van der Waals surface area contributed by atoms with Crippen molar-refractivity contribution in [2.75, 3.05) is 0 Å². The summed E-state index contributed by atoms with van der Waals surface area (Å²) in [6.45, 7) is 2.15. The number of amides is 1. The number of aromatic nitrogens is 3. The van der Waals surface area contributed by atoms with Crippen molar-refractivity contribution in [3.8, 4) is 11.3 Å². The summed E-state index contributed by atoms with van der Waals surface area (Å²) in [7, 11) is 0. The van der Waals surface area contributed by atoms with E-state index in [2.05, 4.69) is 15.5 Å². The number of nitrogens with zero attached hydrogens (tertiary/aromatic N) is 3. The number of nitrogens with one attached hydrogen (secondary N) is 1. The first kappa shape index (κ1) is 17.7. The number of rotatable bonds is 5. The fourth-order valence-corrected chi connectivity index (χ4v) is 3.09. The zero-order valence-corrected chi connectivity index (χ0v) is 15.3. The summed E-state index contributed by atoms with van der Waals surface area (Å²) in [6, 6.07) is 14.3. The third kappa shape index (κ3) is 3.55. The lowest BCUT2D eigenvalue weighted by molar-refractivity contribution is -0.121. The molecule has 7 nitrogen and oxygen atoms in total. The van der Waals surface area contributed by atoms with E-state index in [0.29, 0.717) is 16.8 Å². The van der Waals surface area contributed by atoms with Crippen molar-refractivity contribution in [1.29, 1.82) is 0 Å². The predicted molar refractivity (Wildman–Crippen MR) is 105 cm³/mol. The molecule has 4 aromatic rings. The Kier molecular flexibility index (Phi) is 4.72. The van der Waals surface area contributed by atoms with Gasteiger partial charge in [-0.15, -0.1) is 0 Å². The van der Waals surface area contributed by atoms with Gasteiger partial charge in [0.25, 0.3) is 0 Å². The lowest BCUT2D eigenvalue weighted by atomic mass is 10.2. The highest BCUT2D eigenvalue weighted by atomic mass is 16.5. The van der Waals surface area contributed by atoms with Crippen molar-refractivity contribution in [3.05, 3.63) is 82.6 Å². The summed E-state index contributed by atoms with van der Waals surface area (Å²) in [6.07, 6.45) is 3.39. The van der Waals surface area contributed by atoms with Gasteiger partial charge in [0.05, 0.1) is 12.1 Å². The first-order valence-electron chi connectivity index (χ1n) is 8.84. The van der Waals surface area contributed by atoms with Gasteiger partial charge in [0.1, 0.15) is 12.2 Å². The average Bonchev–Trinajstić information content (AvgIpc) is 3.19. The van der Waals surface area contributed by atoms with Gasteiger partial charge in [0.15, 0.2) is 11.2 Å². The second-order valence-corrected chi connectivity index (χ2v) is 6.45. The molecule has 0 fully saturated rings. The summed E-state index contributed by atoms with van der Waals surface area (Å²) in [5, 5.41) is 7.43. The Labute approximate surface area is 160 Å². The van der Waals surface area contributed by atoms with Gasteiger partial charge in [-0.1, -0.05) is 17.3 Å². The largest absolute Gasteiger partial charge is 0.359 e. The SMILES string of the molecule is Cc1cc(=O)c2ccccc2n1CC(=O)NCc1cc(-c2cccnc2)no1. The molecule has 0 aliphatic heterocycles. The Bertz CT molecular complexity index is 1200. The van der Waals surface area contributed by atoms with Crippen molar-refractivity contribution in [1.82, 2.24) is 20.0 Å². The predicted octanol–water partition coefficient (Wildman–Crippen LogP) is 2.68. The van der Waals surface area contributed by atoms with E-state index in [9.17, 15) is 9.59 Å². The van der Waals surface area contributed by atoms with Crippen LogP contribution in [0.2, 0.25) is 0 Å². The minimum atomic E-state index is -0.184. The van der Waals surface area contributed by atoms with E-state index in [4.69, 9.17) is 4.52 Å². The van der Waals surface area contributed by atoms with Crippen molar-refractivity contribution < 1.29 is 9.32 Å². The van der Waals surface area contributed by atoms with Crippen LogP contribution in [0, 0.1) is 6.92 Å². The molecular formula is C21H18N4O3. The van der Waals surface area contributed by atoms with E-state index in [1.54, 1.807) is 30.6 Å². The minimum Gasteiger partial charge on any atom is -0.359 e. The summed E-state index contributed by atoms with van der Waals surface area (Å²) < 4.78 is 7.12. The van der Waals surface area contributed by atoms with Crippen LogP contribution in [0.5, 0.6) is 0 Å². The molecule has 0 aliphatic rings. The van der Waals surface area contributed by atoms with E-state index in [-0.39, 0.29) is 24.4 Å². The van der Waals surface area contributed by atoms with Crippen molar-refractivity contribution in [3.63, 3.8) is 0 Å². The van der Waals surface area contributed by atoms with Gasteiger partial charge in [-0.3, -0.25) is 14.6 Å². The fraction of sp³-hybridized carbons (Fsp3) is 0.143. The summed E-state index contributed by atoms with van der Waals surface area (Å²) >= 11 is 0. The van der Waals surface area contributed by atoms with Crippen molar-refractivity contribution in [2.24, 2.45) is 0 Å². The zero-order valence-electron chi connectivity index (χ0n) is 15.3. The molecule has 0 aliphatic carbocycles. The smallest absolute Gasteiger partial charge is 0.240 e. The van der Waals surface area contributed by atoms with Gasteiger partial charge >= 0.3 is 0 Å². The molecule has 28 heavy (non-hydrogen) atoms. The van der Waals surface area contributed by atoms with Crippen molar-refractivity contribution in [2.45, 2.75) is 20.0 Å². The first-order valence-corrected chi connectivity index (χ1v) is 8.84. The van der Waals surface area contributed by atoms with Crippen LogP contribution in [0.25, 0.3) is 22.2 Å². The quantitative estimate of drug-likeness (QED) is 0.580. The van der Waals surface area contributed by atoms with E-state index in [1.807, 2.05) is 41.8 Å². The lowest BCUT2D eigenvalue weighted by Crippen LogP contribution is -2.28. The first-order chi connectivity index (χ1) is 13.6. The molecular weight excluding hydrogens is 356 g/mol. The molecule has 140 valence electrons. The van der Waals surface area contributed by atoms with Gasteiger partial charge in [-0.2, -0.15) is 0 Å². The fourth-order valence-electron chi connectivity index (χ4n) is 3.09. The third-order valence-corrected chi connectivity index (χ3v) is 4.50. The van der Waals surface area contributed by atoms with Gasteiger partial charge in [0.2, 0.25) is 5.91 Å². The highest BCUT2D eigenvalue weighted by Gasteiger charge is 2.11. The Morgan fingerprint density at radius 1 is 1.18 bits per heavy atom. The summed E-state index contributed by atoms with van der Waals surface area (Å²) in [5.41, 5.74) is 2.94. The highest BCUT2D eigenvalue weighted by molar-refractivity contribution is 5.82. The molecule has 1 amide bonds. The number of carbonyl (C=O) groups is 1. The standard InChI is InChI=1S/C21H18N4O3/c1-14-9-20(26)17-6-2-3-7-19(17)25(14)13-21(27)23-12-16-10-18(24-28-16)15-5-4-8-22-11-15/h2-11H,12-13H2,1H3,(H,23,27). The van der Waals surface area contributed by atoms with Crippen LogP contribution in [0.1, 0.15) is 11.5 Å². The molecule has 3 heterocycles. The molecule has 0 spiro atoms. The van der Waals surface area contributed by atoms with E-state index < -0.39 is 0 Å². The lowest BCUT2D eigenvalue weighted by Gasteiger charge is -2.14. The maximum absolute atomic E-state index is 12.5. The van der Waals surface area contributed by atoms with Crippen LogP contribution < -0.4 is 10.7 Å². The number of hydrogen-bond donors (Lipinski definition) is 1. The van der Waals surface area contributed by atoms with E-state index in [1.165, 1.54) is 0 Å². The molecule has 0 saturated heterocycles. The highest BCUT2D eigenvalue weighted by Crippen LogP contribution is 2.17. The number of aryl methyl sites for hydroxylation is 1. The molecule has 0 bridgehead atoms. The van der Waals surface area contributed by atoms with Crippen LogP contribution >= 0.6 is 0 Å². The van der Waals surface area contributed by atoms with E-state index >= 15 is 0 Å². The molecule has 0 radical (unpaired) electrons. The maximum atomic E-state index is 12.5. The maximum Gasteiger partial charge on any atom is 0.240 e. The molecule has 7 heteroatoms. The Morgan fingerprint density at radius 2 is 2.04 bits per heavy atom. The number of benzene rings is 1. The molecule has 1 N–H and O–H groups in total. The average molecular weight is 374 g/mol. The number of fused-ring (bicyclic) bond motifs is 1. The molecule has 4 rings (SSSR count). The number of para-hydroxylation sites is 1. The second kappa shape index (κ2) is 7.48. The van der Waals surface area contributed by atoms with Crippen LogP contribution in [0.15, 0.2) is 70.2 Å². The van der Waals surface area contributed by atoms with E-state index in [0.717, 1.165) is 16.8 Å². The van der Waals surface area contributed by atoms with Crippen LogP contribution in [-0.2, 0) is 17.9 Å². The number of hydrogen-bond acceptors (Lipinski definition) is 5. The van der Waals surface area contributed by atoms with Crippen LogP contribution in [-0.4, -0.2) is 20.6 Å². The molecule has 0 unspecified atom stereocenters. The van der Waals surface area contributed by atoms with Gasteiger partial charge in [-0.05, 0) is 31.2 Å². The molecule has 0 saturated carbocycles. The topological polar surface area (TPSA) is 90.0 Å². The second-order valence-electron chi connectivity index (χ2n) is 6.45. The monoisotopic (exact) mass is 374 g/mol. The normalized spacial score (nSPS) is 10.9. The summed E-state index contributed by atoms with van der Waals surface area (Å²) in [4.78, 5) is 28.6. The van der Waals surface area contributed by atoms with Crippen molar-refractivity contribution >= 4 is 16.8 Å². The van der Waals surface area contributed by atoms with Crippen LogP contribution in [0.3, 0.4) is 0 Å². The summed E-state index contributed by atoms with van der Waals surface area (Å²) in [5.74, 6) is 0.366. The Balaban J connectivity index is 1.47. The number of carbonyl (C=O) groups excluding carboxylic acids is 1. The third-order valence-electron chi connectivity index (χ3n) is 4.50. The van der Waals surface area contributed by atoms with Gasteiger partial charge in [-0.25, -0.2) is 0 Å². The van der Waals surface area contributed by atoms with Gasteiger partial charge < -0.3 is 14.4 Å². The zero-order chi connectivity index (χ0) is 19.5. The molecule has 3 aromatic heterocycles.